The molecule has 0 spiro atoms. The zero-order chi connectivity index (χ0) is 15.5. The van der Waals surface area contributed by atoms with Crippen molar-refractivity contribution < 1.29 is 9.15 Å². The lowest BCUT2D eigenvalue weighted by molar-refractivity contribution is 0.122. The molecule has 0 aliphatic carbocycles. The lowest BCUT2D eigenvalue weighted by atomic mass is 10.2. The summed E-state index contributed by atoms with van der Waals surface area (Å²) in [6, 6.07) is 7.79. The number of nitrogens with zero attached hydrogens (tertiary/aromatic N) is 4. The van der Waals surface area contributed by atoms with Gasteiger partial charge in [-0.25, -0.2) is 9.97 Å². The van der Waals surface area contributed by atoms with E-state index in [4.69, 9.17) is 9.15 Å². The van der Waals surface area contributed by atoms with Gasteiger partial charge in [-0.3, -0.25) is 4.98 Å². The summed E-state index contributed by atoms with van der Waals surface area (Å²) < 4.78 is 11.2. The smallest absolute Gasteiger partial charge is 0.228 e. The molecule has 3 aromatic rings. The molecule has 6 heteroatoms. The molecule has 1 fully saturated rings. The fraction of sp³-hybridized carbons (Fsp3) is 0.235. The minimum atomic E-state index is 0.560. The molecule has 0 bridgehead atoms. The highest BCUT2D eigenvalue weighted by molar-refractivity contribution is 5.60. The number of pyridine rings is 2. The van der Waals surface area contributed by atoms with Crippen LogP contribution in [0, 0.1) is 0 Å². The summed E-state index contributed by atoms with van der Waals surface area (Å²) in [7, 11) is 0. The van der Waals surface area contributed by atoms with Gasteiger partial charge in [0.15, 0.2) is 5.76 Å². The summed E-state index contributed by atoms with van der Waals surface area (Å²) in [5, 5.41) is 0. The van der Waals surface area contributed by atoms with Crippen molar-refractivity contribution in [3.05, 3.63) is 49.1 Å². The van der Waals surface area contributed by atoms with Gasteiger partial charge in [0.05, 0.1) is 25.0 Å². The minimum Gasteiger partial charge on any atom is -0.436 e. The first-order valence-electron chi connectivity index (χ1n) is 7.55. The second-order valence-electron chi connectivity index (χ2n) is 5.28. The molecule has 0 radical (unpaired) electrons. The number of rotatable bonds is 3. The normalized spacial score (nSPS) is 14.9. The van der Waals surface area contributed by atoms with E-state index in [9.17, 15) is 0 Å². The molecule has 1 aliphatic heterocycles. The molecule has 116 valence electrons. The lowest BCUT2D eigenvalue weighted by Gasteiger charge is -2.27. The van der Waals surface area contributed by atoms with Crippen LogP contribution < -0.4 is 4.90 Å². The zero-order valence-corrected chi connectivity index (χ0v) is 12.6. The third-order valence-corrected chi connectivity index (χ3v) is 3.78. The van der Waals surface area contributed by atoms with Crippen LogP contribution in [0.25, 0.3) is 22.8 Å². The Morgan fingerprint density at radius 1 is 0.913 bits per heavy atom. The number of morpholine rings is 1. The predicted octanol–water partition coefficient (Wildman–Crippen LogP) is 2.64. The van der Waals surface area contributed by atoms with Crippen LogP contribution in [0.2, 0.25) is 0 Å². The van der Waals surface area contributed by atoms with Gasteiger partial charge in [0.2, 0.25) is 5.89 Å². The van der Waals surface area contributed by atoms with Crippen molar-refractivity contribution in [2.45, 2.75) is 0 Å². The standard InChI is InChI=1S/C17H16N4O2/c1-2-13(10-18-5-1)15-12-20-17(23-15)14-3-4-16(19-11-14)21-6-8-22-9-7-21/h1-5,10-12H,6-9H2. The Bertz CT molecular complexity index is 765. The van der Waals surface area contributed by atoms with Gasteiger partial charge in [-0.15, -0.1) is 0 Å². The Balaban J connectivity index is 1.55. The van der Waals surface area contributed by atoms with Crippen LogP contribution >= 0.6 is 0 Å². The molecule has 1 aliphatic rings. The van der Waals surface area contributed by atoms with Crippen LogP contribution in [0.5, 0.6) is 0 Å². The zero-order valence-electron chi connectivity index (χ0n) is 12.6. The van der Waals surface area contributed by atoms with Crippen molar-refractivity contribution in [3.8, 4) is 22.8 Å². The first-order valence-corrected chi connectivity index (χ1v) is 7.55. The van der Waals surface area contributed by atoms with Gasteiger partial charge in [0.1, 0.15) is 5.82 Å². The van der Waals surface area contributed by atoms with Gasteiger partial charge in [0.25, 0.3) is 0 Å². The highest BCUT2D eigenvalue weighted by Gasteiger charge is 2.13. The molecular formula is C17H16N4O2. The van der Waals surface area contributed by atoms with E-state index in [1.54, 1.807) is 24.8 Å². The summed E-state index contributed by atoms with van der Waals surface area (Å²) >= 11 is 0. The second kappa shape index (κ2) is 6.18. The molecular weight excluding hydrogens is 292 g/mol. The topological polar surface area (TPSA) is 64.3 Å². The Kier molecular flexibility index (Phi) is 3.73. The van der Waals surface area contributed by atoms with E-state index in [1.807, 2.05) is 24.3 Å². The largest absolute Gasteiger partial charge is 0.436 e. The Hall–Kier alpha value is -2.73. The van der Waals surface area contributed by atoms with Gasteiger partial charge < -0.3 is 14.1 Å². The number of hydrogen-bond donors (Lipinski definition) is 0. The quantitative estimate of drug-likeness (QED) is 0.741. The molecule has 0 amide bonds. The van der Waals surface area contributed by atoms with Crippen molar-refractivity contribution in [1.82, 2.24) is 15.0 Å². The molecule has 4 heterocycles. The summed E-state index contributed by atoms with van der Waals surface area (Å²) in [6.45, 7) is 3.24. The fourth-order valence-corrected chi connectivity index (χ4v) is 2.54. The number of anilines is 1. The highest BCUT2D eigenvalue weighted by Crippen LogP contribution is 2.26. The van der Waals surface area contributed by atoms with Gasteiger partial charge >= 0.3 is 0 Å². The van der Waals surface area contributed by atoms with Gasteiger partial charge in [-0.05, 0) is 24.3 Å². The van der Waals surface area contributed by atoms with E-state index in [1.165, 1.54) is 0 Å². The lowest BCUT2D eigenvalue weighted by Crippen LogP contribution is -2.36. The van der Waals surface area contributed by atoms with Crippen molar-refractivity contribution >= 4 is 5.82 Å². The van der Waals surface area contributed by atoms with Gasteiger partial charge in [0, 0.05) is 37.2 Å². The van der Waals surface area contributed by atoms with E-state index in [2.05, 4.69) is 19.9 Å². The average Bonchev–Trinajstić information content (AvgIpc) is 3.14. The molecule has 0 aromatic carbocycles. The van der Waals surface area contributed by atoms with Crippen molar-refractivity contribution in [1.29, 1.82) is 0 Å². The third kappa shape index (κ3) is 2.93. The minimum absolute atomic E-state index is 0.560. The van der Waals surface area contributed by atoms with Crippen LogP contribution in [-0.2, 0) is 4.74 Å². The molecule has 0 saturated carbocycles. The van der Waals surface area contributed by atoms with E-state index in [0.29, 0.717) is 11.7 Å². The van der Waals surface area contributed by atoms with Gasteiger partial charge in [-0.2, -0.15) is 0 Å². The summed E-state index contributed by atoms with van der Waals surface area (Å²) in [4.78, 5) is 15.2. The molecule has 4 rings (SSSR count). The molecule has 0 N–H and O–H groups in total. The number of aromatic nitrogens is 3. The third-order valence-electron chi connectivity index (χ3n) is 3.78. The van der Waals surface area contributed by atoms with Crippen LogP contribution in [0.1, 0.15) is 0 Å². The Morgan fingerprint density at radius 3 is 2.57 bits per heavy atom. The fourth-order valence-electron chi connectivity index (χ4n) is 2.54. The molecule has 3 aromatic heterocycles. The predicted molar refractivity (Wildman–Crippen MR) is 86.0 cm³/mol. The number of ether oxygens (including phenoxy) is 1. The number of hydrogen-bond acceptors (Lipinski definition) is 6. The Morgan fingerprint density at radius 2 is 1.83 bits per heavy atom. The van der Waals surface area contributed by atoms with Gasteiger partial charge in [-0.1, -0.05) is 0 Å². The van der Waals surface area contributed by atoms with E-state index < -0.39 is 0 Å². The molecule has 1 saturated heterocycles. The van der Waals surface area contributed by atoms with Crippen molar-refractivity contribution in [2.75, 3.05) is 31.2 Å². The first kappa shape index (κ1) is 13.9. The van der Waals surface area contributed by atoms with Crippen LogP contribution in [0.15, 0.2) is 53.5 Å². The summed E-state index contributed by atoms with van der Waals surface area (Å²) in [5.41, 5.74) is 1.77. The van der Waals surface area contributed by atoms with Crippen LogP contribution in [0.4, 0.5) is 5.82 Å². The maximum Gasteiger partial charge on any atom is 0.228 e. The van der Waals surface area contributed by atoms with Crippen LogP contribution in [-0.4, -0.2) is 41.3 Å². The monoisotopic (exact) mass is 308 g/mol. The molecule has 0 unspecified atom stereocenters. The average molecular weight is 308 g/mol. The van der Waals surface area contributed by atoms with E-state index in [-0.39, 0.29) is 0 Å². The summed E-state index contributed by atoms with van der Waals surface area (Å²) in [6.07, 6.45) is 6.99. The van der Waals surface area contributed by atoms with E-state index >= 15 is 0 Å². The van der Waals surface area contributed by atoms with Crippen LogP contribution in [0.3, 0.4) is 0 Å². The van der Waals surface area contributed by atoms with Crippen molar-refractivity contribution in [3.63, 3.8) is 0 Å². The molecule has 6 nitrogen and oxygen atoms in total. The number of oxazole rings is 1. The maximum absolute atomic E-state index is 5.82. The van der Waals surface area contributed by atoms with E-state index in [0.717, 1.165) is 43.2 Å². The summed E-state index contributed by atoms with van der Waals surface area (Å²) in [5.74, 6) is 2.21. The molecule has 23 heavy (non-hydrogen) atoms. The SMILES string of the molecule is c1cncc(-c2cnc(-c3ccc(N4CCOCC4)nc3)o2)c1. The maximum atomic E-state index is 5.82. The Labute approximate surface area is 133 Å². The highest BCUT2D eigenvalue weighted by atomic mass is 16.5. The second-order valence-corrected chi connectivity index (χ2v) is 5.28. The van der Waals surface area contributed by atoms with Crippen molar-refractivity contribution in [2.24, 2.45) is 0 Å². The molecule has 0 atom stereocenters. The first-order chi connectivity index (χ1) is 11.4.